The molecule has 122 valence electrons. The Hall–Kier alpha value is -0.910. The van der Waals surface area contributed by atoms with E-state index >= 15 is 0 Å². The fourth-order valence-corrected chi connectivity index (χ4v) is 4.82. The van der Waals surface area contributed by atoms with Crippen LogP contribution in [0.4, 0.5) is 0 Å². The van der Waals surface area contributed by atoms with E-state index in [4.69, 9.17) is 0 Å². The van der Waals surface area contributed by atoms with Crippen LogP contribution in [0.5, 0.6) is 0 Å². The second-order valence-corrected chi connectivity index (χ2v) is 7.70. The number of aliphatic hydroxyl groups is 1. The summed E-state index contributed by atoms with van der Waals surface area (Å²) in [5.41, 5.74) is 1.29. The molecule has 1 aliphatic carbocycles. The summed E-state index contributed by atoms with van der Waals surface area (Å²) >= 11 is 1.62. The second-order valence-electron chi connectivity index (χ2n) is 6.44. The average molecular weight is 322 g/mol. The number of carbonyl (C=O) groups is 1. The molecule has 3 rings (SSSR count). The molecule has 1 amide bonds. The molecule has 1 aromatic rings. The molecule has 5 heteroatoms. The minimum Gasteiger partial charge on any atom is -0.391 e. The molecule has 1 N–H and O–H groups in total. The molecule has 2 heterocycles. The molecule has 1 aromatic heterocycles. The molecule has 1 aliphatic heterocycles. The number of nitrogens with zero attached hydrogens (tertiary/aromatic N) is 2. The van der Waals surface area contributed by atoms with Crippen LogP contribution < -0.4 is 0 Å². The molecule has 0 radical (unpaired) electrons. The van der Waals surface area contributed by atoms with Crippen molar-refractivity contribution in [1.29, 1.82) is 0 Å². The predicted molar refractivity (Wildman–Crippen MR) is 89.6 cm³/mol. The van der Waals surface area contributed by atoms with E-state index in [9.17, 15) is 9.90 Å². The second kappa shape index (κ2) is 6.69. The van der Waals surface area contributed by atoms with E-state index in [2.05, 4.69) is 24.8 Å². The average Bonchev–Trinajstić information content (AvgIpc) is 3.12. The number of hydrogen-bond acceptors (Lipinski definition) is 4. The molecule has 2 atom stereocenters. The molecule has 2 aliphatic rings. The highest BCUT2D eigenvalue weighted by Crippen LogP contribution is 2.27. The maximum Gasteiger partial charge on any atom is 0.264 e. The topological polar surface area (TPSA) is 43.8 Å². The summed E-state index contributed by atoms with van der Waals surface area (Å²) in [4.78, 5) is 19.1. The zero-order valence-electron chi connectivity index (χ0n) is 13.5. The van der Waals surface area contributed by atoms with Crippen molar-refractivity contribution in [3.8, 4) is 0 Å². The first-order chi connectivity index (χ1) is 10.6. The maximum absolute atomic E-state index is 12.6. The number of carbonyl (C=O) groups excluding carboxylic acids is 1. The Morgan fingerprint density at radius 1 is 1.32 bits per heavy atom. The summed E-state index contributed by atoms with van der Waals surface area (Å²) in [6.07, 6.45) is 3.97. The van der Waals surface area contributed by atoms with Crippen LogP contribution in [0.1, 0.15) is 46.3 Å². The third-order valence-electron chi connectivity index (χ3n) is 5.13. The molecular weight excluding hydrogens is 296 g/mol. The van der Waals surface area contributed by atoms with E-state index < -0.39 is 0 Å². The molecule has 1 saturated heterocycles. The Labute approximate surface area is 136 Å². The Bertz CT molecular complexity index is 535. The summed E-state index contributed by atoms with van der Waals surface area (Å²) in [6.45, 7) is 7.56. The number of hydrogen-bond donors (Lipinski definition) is 1. The summed E-state index contributed by atoms with van der Waals surface area (Å²) in [7, 11) is 0. The number of rotatable bonds is 3. The van der Waals surface area contributed by atoms with E-state index in [1.807, 2.05) is 4.90 Å². The lowest BCUT2D eigenvalue weighted by Gasteiger charge is -2.39. The van der Waals surface area contributed by atoms with E-state index in [0.29, 0.717) is 6.04 Å². The summed E-state index contributed by atoms with van der Waals surface area (Å²) < 4.78 is 0. The number of amides is 1. The number of aliphatic hydroxyl groups excluding tert-OH is 1. The fourth-order valence-electron chi connectivity index (χ4n) is 3.74. The lowest BCUT2D eigenvalue weighted by Crippen LogP contribution is -2.53. The zero-order chi connectivity index (χ0) is 15.7. The molecule has 2 unspecified atom stereocenters. The van der Waals surface area contributed by atoms with Gasteiger partial charge in [0.2, 0.25) is 0 Å². The van der Waals surface area contributed by atoms with Gasteiger partial charge in [0.15, 0.2) is 0 Å². The smallest absolute Gasteiger partial charge is 0.264 e. The van der Waals surface area contributed by atoms with Gasteiger partial charge in [-0.3, -0.25) is 9.69 Å². The summed E-state index contributed by atoms with van der Waals surface area (Å²) in [5.74, 6) is 0.180. The van der Waals surface area contributed by atoms with Gasteiger partial charge in [0.05, 0.1) is 11.0 Å². The molecule has 0 spiro atoms. The van der Waals surface area contributed by atoms with E-state index in [0.717, 1.165) is 56.7 Å². The van der Waals surface area contributed by atoms with Crippen LogP contribution >= 0.6 is 11.3 Å². The van der Waals surface area contributed by atoms with Crippen LogP contribution in [0.3, 0.4) is 0 Å². The highest BCUT2D eigenvalue weighted by Gasteiger charge is 2.33. The molecule has 0 bridgehead atoms. The zero-order valence-corrected chi connectivity index (χ0v) is 14.4. The van der Waals surface area contributed by atoms with Gasteiger partial charge in [-0.15, -0.1) is 11.3 Å². The van der Waals surface area contributed by atoms with Gasteiger partial charge >= 0.3 is 0 Å². The summed E-state index contributed by atoms with van der Waals surface area (Å²) in [6, 6.07) is 2.38. The number of piperazine rings is 1. The predicted octanol–water partition coefficient (Wildman–Crippen LogP) is 2.29. The van der Waals surface area contributed by atoms with Crippen molar-refractivity contribution in [2.45, 2.75) is 51.7 Å². The van der Waals surface area contributed by atoms with Crippen molar-refractivity contribution in [1.82, 2.24) is 9.80 Å². The third kappa shape index (κ3) is 3.07. The number of thiophene rings is 1. The van der Waals surface area contributed by atoms with Crippen molar-refractivity contribution in [3.05, 3.63) is 21.4 Å². The molecular formula is C17H26N2O2S. The largest absolute Gasteiger partial charge is 0.391 e. The molecule has 0 aromatic carbocycles. The van der Waals surface area contributed by atoms with E-state index in [-0.39, 0.29) is 12.0 Å². The van der Waals surface area contributed by atoms with Crippen molar-refractivity contribution in [2.75, 3.05) is 26.2 Å². The Morgan fingerprint density at radius 3 is 2.59 bits per heavy atom. The van der Waals surface area contributed by atoms with Crippen molar-refractivity contribution in [2.24, 2.45) is 0 Å². The SMILES string of the molecule is CCc1cc(C(=O)N2CCN(C3CCCC3O)CC2)sc1C. The Balaban J connectivity index is 1.59. The minimum absolute atomic E-state index is 0.172. The first kappa shape index (κ1) is 16.0. The monoisotopic (exact) mass is 322 g/mol. The highest BCUT2D eigenvalue weighted by atomic mass is 32.1. The molecule has 1 saturated carbocycles. The van der Waals surface area contributed by atoms with Crippen LogP contribution in [-0.4, -0.2) is 59.1 Å². The van der Waals surface area contributed by atoms with Gasteiger partial charge in [-0.1, -0.05) is 6.92 Å². The third-order valence-corrected chi connectivity index (χ3v) is 6.21. The van der Waals surface area contributed by atoms with Crippen molar-refractivity contribution in [3.63, 3.8) is 0 Å². The van der Waals surface area contributed by atoms with E-state index in [1.165, 1.54) is 10.4 Å². The van der Waals surface area contributed by atoms with Crippen LogP contribution in [0.15, 0.2) is 6.07 Å². The van der Waals surface area contributed by atoms with Crippen LogP contribution in [0, 0.1) is 6.92 Å². The molecule has 4 nitrogen and oxygen atoms in total. The first-order valence-corrected chi connectivity index (χ1v) is 9.22. The van der Waals surface area contributed by atoms with Gasteiger partial charge in [0, 0.05) is 37.1 Å². The van der Waals surface area contributed by atoms with Crippen molar-refractivity contribution < 1.29 is 9.90 Å². The first-order valence-electron chi connectivity index (χ1n) is 8.41. The Morgan fingerprint density at radius 2 is 2.05 bits per heavy atom. The van der Waals surface area contributed by atoms with Gasteiger partial charge in [-0.2, -0.15) is 0 Å². The van der Waals surface area contributed by atoms with E-state index in [1.54, 1.807) is 11.3 Å². The normalized spacial score (nSPS) is 26.6. The Kier molecular flexibility index (Phi) is 4.85. The van der Waals surface area contributed by atoms with Gasteiger partial charge in [0.1, 0.15) is 0 Å². The molecule has 2 fully saturated rings. The standard InChI is InChI=1S/C17H26N2O2S/c1-3-13-11-16(22-12(13)2)17(21)19-9-7-18(8-10-19)14-5-4-6-15(14)20/h11,14-15,20H,3-10H2,1-2H3. The summed E-state index contributed by atoms with van der Waals surface area (Å²) in [5, 5.41) is 10.0. The lowest BCUT2D eigenvalue weighted by molar-refractivity contribution is 0.0318. The fraction of sp³-hybridized carbons (Fsp3) is 0.706. The van der Waals surface area contributed by atoms with Crippen LogP contribution in [0.2, 0.25) is 0 Å². The highest BCUT2D eigenvalue weighted by molar-refractivity contribution is 7.14. The molecule has 22 heavy (non-hydrogen) atoms. The van der Waals surface area contributed by atoms with Gasteiger partial charge in [-0.25, -0.2) is 0 Å². The van der Waals surface area contributed by atoms with Gasteiger partial charge in [0.25, 0.3) is 5.91 Å². The number of aryl methyl sites for hydroxylation is 2. The quantitative estimate of drug-likeness (QED) is 0.928. The van der Waals surface area contributed by atoms with Gasteiger partial charge < -0.3 is 10.0 Å². The van der Waals surface area contributed by atoms with Gasteiger partial charge in [-0.05, 0) is 44.2 Å². The van der Waals surface area contributed by atoms with Crippen LogP contribution in [-0.2, 0) is 6.42 Å². The van der Waals surface area contributed by atoms with Crippen molar-refractivity contribution >= 4 is 17.2 Å². The van der Waals surface area contributed by atoms with Crippen LogP contribution in [0.25, 0.3) is 0 Å². The maximum atomic E-state index is 12.6. The lowest BCUT2D eigenvalue weighted by atomic mass is 10.1. The minimum atomic E-state index is -0.172.